The summed E-state index contributed by atoms with van der Waals surface area (Å²) in [5.74, 6) is 1.07. The van der Waals surface area contributed by atoms with Gasteiger partial charge in [0.2, 0.25) is 5.91 Å². The SMILES string of the molecule is O=C(CCCCCNC(=O)COc1ccc(/C=C/C2=NC(=C\c3ccc(-c4cccs4)n3B(F)F)/C=C2)cc1)NCCOCCOCCCCCCCl. The molecule has 1 aromatic carbocycles. The quantitative estimate of drug-likeness (QED) is 0.0489. The third-order valence-corrected chi connectivity index (χ3v) is 9.27. The Balaban J connectivity index is 1.03. The number of thiophene rings is 1. The van der Waals surface area contributed by atoms with Crippen LogP contribution in [0.25, 0.3) is 22.7 Å². The summed E-state index contributed by atoms with van der Waals surface area (Å²) in [7, 11) is -2.67. The van der Waals surface area contributed by atoms with Crippen molar-refractivity contribution >= 4 is 60.0 Å². The highest BCUT2D eigenvalue weighted by atomic mass is 35.5. The zero-order valence-corrected chi connectivity index (χ0v) is 31.5. The van der Waals surface area contributed by atoms with Crippen LogP contribution in [0.4, 0.5) is 8.63 Å². The van der Waals surface area contributed by atoms with Crippen molar-refractivity contribution in [3.63, 3.8) is 0 Å². The number of benzene rings is 1. The number of rotatable bonds is 26. The Hall–Kier alpha value is -4.04. The Labute approximate surface area is 320 Å². The van der Waals surface area contributed by atoms with Gasteiger partial charge in [0, 0.05) is 42.6 Å². The molecule has 2 amide bonds. The minimum Gasteiger partial charge on any atom is -0.484 e. The first-order chi connectivity index (χ1) is 25.9. The lowest BCUT2D eigenvalue weighted by atomic mass is 10.2. The van der Waals surface area contributed by atoms with Gasteiger partial charge in [0.25, 0.3) is 5.91 Å². The molecule has 0 saturated carbocycles. The number of aromatic nitrogens is 1. The van der Waals surface area contributed by atoms with Gasteiger partial charge in [-0.2, -0.15) is 0 Å². The Morgan fingerprint density at radius 3 is 2.38 bits per heavy atom. The summed E-state index contributed by atoms with van der Waals surface area (Å²) in [5, 5.41) is 7.57. The number of carbonyl (C=O) groups is 2. The molecule has 0 radical (unpaired) electrons. The first-order valence-corrected chi connectivity index (χ1v) is 19.5. The van der Waals surface area contributed by atoms with Crippen molar-refractivity contribution in [2.24, 2.45) is 4.99 Å². The summed E-state index contributed by atoms with van der Waals surface area (Å²) >= 11 is 7.08. The van der Waals surface area contributed by atoms with E-state index in [1.165, 1.54) is 11.3 Å². The summed E-state index contributed by atoms with van der Waals surface area (Å²) in [6.07, 6.45) is 16.1. The molecule has 0 unspecified atom stereocenters. The van der Waals surface area contributed by atoms with E-state index < -0.39 is 7.40 Å². The van der Waals surface area contributed by atoms with Gasteiger partial charge in [0.05, 0.1) is 36.9 Å². The van der Waals surface area contributed by atoms with E-state index in [0.717, 1.165) is 66.5 Å². The van der Waals surface area contributed by atoms with E-state index in [4.69, 9.17) is 25.8 Å². The minimum absolute atomic E-state index is 0.00342. The second-order valence-corrected chi connectivity index (χ2v) is 13.6. The fraction of sp³-hybridized carbons (Fsp3) is 0.410. The molecule has 0 saturated heterocycles. The minimum atomic E-state index is -2.67. The van der Waals surface area contributed by atoms with Crippen LogP contribution in [0.15, 0.2) is 82.8 Å². The molecule has 3 heterocycles. The van der Waals surface area contributed by atoms with Gasteiger partial charge in [-0.15, -0.1) is 22.9 Å². The molecular formula is C39H48BClF2N4O5S. The Kier molecular flexibility index (Phi) is 19.1. The van der Waals surface area contributed by atoms with Crippen LogP contribution in [0.2, 0.25) is 0 Å². The lowest BCUT2D eigenvalue weighted by Gasteiger charge is -2.08. The van der Waals surface area contributed by atoms with E-state index in [1.54, 1.807) is 36.4 Å². The fourth-order valence-corrected chi connectivity index (χ4v) is 6.28. The standard InChI is InChI=1S/C39H48BClF2N4O5S/c41-21-5-1-2-7-24-50-26-27-51-25-23-45-38(48)10-4-3-6-22-44-39(49)30-52-35-18-12-31(13-19-35)11-14-32-15-16-33(46-32)29-34-17-20-36(47(34)40(42)43)37-9-8-28-53-37/h8-9,11-20,28-29H,1-7,10,21-27,30H2,(H,44,49)(H,45,48)/b14-11+,33-29-. The lowest BCUT2D eigenvalue weighted by molar-refractivity contribution is -0.123. The molecule has 284 valence electrons. The van der Waals surface area contributed by atoms with Gasteiger partial charge in [-0.1, -0.05) is 43.5 Å². The number of ether oxygens (including phenoxy) is 3. The summed E-state index contributed by atoms with van der Waals surface area (Å²) in [6.45, 7) is 3.15. The molecule has 0 bridgehead atoms. The normalized spacial score (nSPS) is 13.2. The average Bonchev–Trinajstić information content (AvgIpc) is 3.94. The van der Waals surface area contributed by atoms with Crippen molar-refractivity contribution in [2.45, 2.75) is 51.4 Å². The first-order valence-electron chi connectivity index (χ1n) is 18.1. The molecule has 2 aromatic heterocycles. The Bertz CT molecular complexity index is 1660. The molecule has 9 nitrogen and oxygen atoms in total. The zero-order chi connectivity index (χ0) is 37.5. The second-order valence-electron chi connectivity index (χ2n) is 12.2. The summed E-state index contributed by atoms with van der Waals surface area (Å²) < 4.78 is 45.5. The second kappa shape index (κ2) is 24.3. The molecule has 14 heteroatoms. The summed E-state index contributed by atoms with van der Waals surface area (Å²) in [6, 6.07) is 14.4. The number of amides is 2. The predicted octanol–water partition coefficient (Wildman–Crippen LogP) is 8.06. The fourth-order valence-electron chi connectivity index (χ4n) is 5.34. The Morgan fingerprint density at radius 1 is 0.830 bits per heavy atom. The van der Waals surface area contributed by atoms with E-state index in [0.29, 0.717) is 73.8 Å². The number of nitrogens with one attached hydrogen (secondary N) is 2. The summed E-state index contributed by atoms with van der Waals surface area (Å²) in [4.78, 5) is 29.6. The van der Waals surface area contributed by atoms with Gasteiger partial charge >= 0.3 is 7.40 Å². The smallest absolute Gasteiger partial charge is 0.484 e. The van der Waals surface area contributed by atoms with Gasteiger partial charge in [-0.25, -0.2) is 4.99 Å². The zero-order valence-electron chi connectivity index (χ0n) is 30.0. The van der Waals surface area contributed by atoms with Gasteiger partial charge in [0.1, 0.15) is 5.75 Å². The number of hydrogen-bond donors (Lipinski definition) is 2. The van der Waals surface area contributed by atoms with Crippen molar-refractivity contribution in [2.75, 3.05) is 52.0 Å². The number of hydrogen-bond acceptors (Lipinski definition) is 7. The van der Waals surface area contributed by atoms with Gasteiger partial charge < -0.3 is 29.3 Å². The van der Waals surface area contributed by atoms with E-state index >= 15 is 0 Å². The number of halogens is 3. The van der Waals surface area contributed by atoms with Crippen LogP contribution in [-0.2, 0) is 19.1 Å². The highest BCUT2D eigenvalue weighted by Crippen LogP contribution is 2.29. The van der Waals surface area contributed by atoms with Crippen molar-refractivity contribution in [3.05, 3.63) is 89.1 Å². The first kappa shape index (κ1) is 41.7. The average molecular weight is 769 g/mol. The van der Waals surface area contributed by atoms with Crippen LogP contribution in [0.5, 0.6) is 5.75 Å². The number of unbranched alkanes of at least 4 members (excludes halogenated alkanes) is 5. The third kappa shape index (κ3) is 15.8. The van der Waals surface area contributed by atoms with Crippen molar-refractivity contribution in [1.82, 2.24) is 15.1 Å². The number of allylic oxidation sites excluding steroid dienone is 3. The van der Waals surface area contributed by atoms with Crippen LogP contribution in [0.3, 0.4) is 0 Å². The van der Waals surface area contributed by atoms with E-state index in [-0.39, 0.29) is 18.4 Å². The van der Waals surface area contributed by atoms with E-state index in [2.05, 4.69) is 15.6 Å². The number of nitrogens with zero attached hydrogens (tertiary/aromatic N) is 2. The highest BCUT2D eigenvalue weighted by molar-refractivity contribution is 7.13. The molecule has 0 aliphatic carbocycles. The molecule has 0 spiro atoms. The summed E-state index contributed by atoms with van der Waals surface area (Å²) in [5.41, 5.74) is 3.05. The van der Waals surface area contributed by atoms with Gasteiger partial charge in [-0.05, 0) is 91.3 Å². The number of alkyl halides is 1. The maximum Gasteiger partial charge on any atom is 0.678 e. The molecule has 53 heavy (non-hydrogen) atoms. The van der Waals surface area contributed by atoms with E-state index in [9.17, 15) is 18.2 Å². The lowest BCUT2D eigenvalue weighted by Crippen LogP contribution is -2.29. The maximum absolute atomic E-state index is 13.9. The van der Waals surface area contributed by atoms with Gasteiger partial charge in [0.15, 0.2) is 6.61 Å². The monoisotopic (exact) mass is 768 g/mol. The van der Waals surface area contributed by atoms with Crippen LogP contribution in [0, 0.1) is 0 Å². The Morgan fingerprint density at radius 2 is 1.60 bits per heavy atom. The molecule has 0 fully saturated rings. The largest absolute Gasteiger partial charge is 0.678 e. The van der Waals surface area contributed by atoms with Crippen molar-refractivity contribution in [1.29, 1.82) is 0 Å². The molecular weight excluding hydrogens is 721 g/mol. The van der Waals surface area contributed by atoms with E-state index in [1.807, 2.05) is 47.9 Å². The van der Waals surface area contributed by atoms with Crippen LogP contribution >= 0.6 is 22.9 Å². The van der Waals surface area contributed by atoms with Crippen LogP contribution < -0.4 is 15.4 Å². The number of carbonyl (C=O) groups excluding carboxylic acids is 2. The van der Waals surface area contributed by atoms with Crippen LogP contribution in [0.1, 0.15) is 62.6 Å². The van der Waals surface area contributed by atoms with Crippen LogP contribution in [-0.4, -0.2) is 81.4 Å². The highest BCUT2D eigenvalue weighted by Gasteiger charge is 2.24. The molecule has 2 N–H and O–H groups in total. The van der Waals surface area contributed by atoms with Gasteiger partial charge in [-0.3, -0.25) is 18.2 Å². The number of aliphatic imine (C=N–C) groups is 1. The molecule has 1 aliphatic rings. The van der Waals surface area contributed by atoms with Crippen molar-refractivity contribution in [3.8, 4) is 16.3 Å². The molecule has 1 aliphatic heterocycles. The molecule has 3 aromatic rings. The predicted molar refractivity (Wildman–Crippen MR) is 212 cm³/mol. The third-order valence-electron chi connectivity index (χ3n) is 8.11. The van der Waals surface area contributed by atoms with Crippen molar-refractivity contribution < 1.29 is 32.4 Å². The maximum atomic E-state index is 13.9. The molecule has 0 atom stereocenters. The molecule has 4 rings (SSSR count). The topological polar surface area (TPSA) is 103 Å².